The van der Waals surface area contributed by atoms with Crippen LogP contribution in [0.2, 0.25) is 5.02 Å². The van der Waals surface area contributed by atoms with Crippen molar-refractivity contribution in [2.24, 2.45) is 0 Å². The molecule has 0 N–H and O–H groups in total. The normalized spacial score (nSPS) is 12.3. The second-order valence-electron chi connectivity index (χ2n) is 5.38. The van der Waals surface area contributed by atoms with Gasteiger partial charge in [-0.25, -0.2) is 4.98 Å². The van der Waals surface area contributed by atoms with Crippen molar-refractivity contribution in [3.8, 4) is 0 Å². The number of aromatic nitrogens is 2. The molecule has 2 aromatic carbocycles. The number of nitrogens with zero attached hydrogens (tertiary/aromatic N) is 2. The monoisotopic (exact) mass is 360 g/mol. The molecule has 0 aliphatic rings. The molecule has 1 atom stereocenters. The molecule has 0 radical (unpaired) electrons. The first-order valence-electron chi connectivity index (χ1n) is 7.52. The minimum atomic E-state index is -0.336. The number of methoxy groups -OCH3 is 1. The van der Waals surface area contributed by atoms with Crippen molar-refractivity contribution >= 4 is 40.4 Å². The van der Waals surface area contributed by atoms with E-state index >= 15 is 0 Å². The first-order chi connectivity index (χ1) is 11.6. The Balaban J connectivity index is 2.02. The molecule has 0 saturated carbocycles. The average Bonchev–Trinajstić information content (AvgIpc) is 2.91. The number of carbonyl (C=O) groups excluding carboxylic acids is 1. The lowest BCUT2D eigenvalue weighted by Gasteiger charge is -2.12. The molecule has 6 heteroatoms. The molecule has 0 fully saturated rings. The summed E-state index contributed by atoms with van der Waals surface area (Å²) in [5.41, 5.74) is 2.97. The molecule has 0 amide bonds. The molecule has 3 rings (SSSR count). The van der Waals surface area contributed by atoms with E-state index in [2.05, 4.69) is 21.7 Å². The Morgan fingerprint density at radius 2 is 2.04 bits per heavy atom. The van der Waals surface area contributed by atoms with E-state index in [1.54, 1.807) is 0 Å². The van der Waals surface area contributed by atoms with Crippen molar-refractivity contribution in [2.45, 2.75) is 23.9 Å². The topological polar surface area (TPSA) is 44.1 Å². The van der Waals surface area contributed by atoms with Crippen LogP contribution in [0.15, 0.2) is 53.7 Å². The first-order valence-corrected chi connectivity index (χ1v) is 8.78. The zero-order valence-electron chi connectivity index (χ0n) is 13.4. The lowest BCUT2D eigenvalue weighted by molar-refractivity contribution is -0.139. The van der Waals surface area contributed by atoms with Gasteiger partial charge in [-0.15, -0.1) is 0 Å². The van der Waals surface area contributed by atoms with E-state index in [1.807, 2.05) is 43.3 Å². The predicted molar refractivity (Wildman–Crippen MR) is 97.6 cm³/mol. The molecule has 0 spiro atoms. The molecule has 4 nitrogen and oxygen atoms in total. The highest BCUT2D eigenvalue weighted by Gasteiger charge is 2.20. The Hall–Kier alpha value is -1.98. The highest BCUT2D eigenvalue weighted by Crippen LogP contribution is 2.30. The van der Waals surface area contributed by atoms with Gasteiger partial charge in [0.05, 0.1) is 24.7 Å². The van der Waals surface area contributed by atoms with Crippen LogP contribution in [-0.2, 0) is 16.1 Å². The van der Waals surface area contributed by atoms with Crippen LogP contribution in [0.5, 0.6) is 0 Å². The molecular weight excluding hydrogens is 344 g/mol. The van der Waals surface area contributed by atoms with Crippen molar-refractivity contribution in [2.75, 3.05) is 7.11 Å². The van der Waals surface area contributed by atoms with Crippen LogP contribution in [0.1, 0.15) is 12.5 Å². The fraction of sp³-hybridized carbons (Fsp3) is 0.222. The zero-order chi connectivity index (χ0) is 17.1. The van der Waals surface area contributed by atoms with Crippen LogP contribution in [-0.4, -0.2) is 27.9 Å². The minimum Gasteiger partial charge on any atom is -0.468 e. The molecule has 1 aromatic heterocycles. The highest BCUT2D eigenvalue weighted by atomic mass is 35.5. The van der Waals surface area contributed by atoms with Crippen LogP contribution in [0.25, 0.3) is 11.0 Å². The number of rotatable bonds is 5. The fourth-order valence-corrected chi connectivity index (χ4v) is 3.58. The Bertz CT molecular complexity index is 864. The second-order valence-corrected chi connectivity index (χ2v) is 7.13. The van der Waals surface area contributed by atoms with Gasteiger partial charge < -0.3 is 9.30 Å². The van der Waals surface area contributed by atoms with E-state index in [0.29, 0.717) is 11.6 Å². The summed E-state index contributed by atoms with van der Waals surface area (Å²) >= 11 is 7.48. The third-order valence-corrected chi connectivity index (χ3v) is 4.98. The number of hydrogen-bond donors (Lipinski definition) is 0. The molecular formula is C18H17ClN2O2S. The van der Waals surface area contributed by atoms with E-state index in [0.717, 1.165) is 16.2 Å². The number of benzene rings is 2. The lowest BCUT2D eigenvalue weighted by Crippen LogP contribution is -2.15. The van der Waals surface area contributed by atoms with E-state index < -0.39 is 0 Å². The van der Waals surface area contributed by atoms with Crippen LogP contribution in [0.3, 0.4) is 0 Å². The van der Waals surface area contributed by atoms with Gasteiger partial charge in [-0.1, -0.05) is 53.7 Å². The van der Waals surface area contributed by atoms with Gasteiger partial charge in [-0.05, 0) is 30.7 Å². The smallest absolute Gasteiger partial charge is 0.318 e. The predicted octanol–water partition coefficient (Wildman–Crippen LogP) is 4.39. The Kier molecular flexibility index (Phi) is 5.11. The molecule has 0 unspecified atom stereocenters. The SMILES string of the molecule is COC(=O)[C@@H](C)Sc1nc2cc(Cl)ccc2n1Cc1ccccc1. The summed E-state index contributed by atoms with van der Waals surface area (Å²) in [5, 5.41) is 1.08. The zero-order valence-corrected chi connectivity index (χ0v) is 15.0. The number of thioether (sulfide) groups is 1. The average molecular weight is 361 g/mol. The standard InChI is InChI=1S/C18H17ClN2O2S/c1-12(17(22)23-2)24-18-20-15-10-14(19)8-9-16(15)21(18)11-13-6-4-3-5-7-13/h3-10,12H,11H2,1-2H3/t12-/m1/s1. The quantitative estimate of drug-likeness (QED) is 0.500. The van der Waals surface area contributed by atoms with Gasteiger partial charge >= 0.3 is 5.97 Å². The number of imidazole rings is 1. The van der Waals surface area contributed by atoms with Gasteiger partial charge in [-0.2, -0.15) is 0 Å². The van der Waals surface area contributed by atoms with Crippen molar-refractivity contribution in [3.63, 3.8) is 0 Å². The maximum Gasteiger partial charge on any atom is 0.318 e. The van der Waals surface area contributed by atoms with Gasteiger partial charge in [0.2, 0.25) is 0 Å². The van der Waals surface area contributed by atoms with Gasteiger partial charge in [-0.3, -0.25) is 4.79 Å². The summed E-state index contributed by atoms with van der Waals surface area (Å²) in [6.45, 7) is 2.49. The van der Waals surface area contributed by atoms with E-state index in [9.17, 15) is 4.79 Å². The van der Waals surface area contributed by atoms with Gasteiger partial charge in [0.25, 0.3) is 0 Å². The summed E-state index contributed by atoms with van der Waals surface area (Å²) in [5.74, 6) is -0.267. The van der Waals surface area contributed by atoms with Crippen molar-refractivity contribution in [1.29, 1.82) is 0 Å². The second kappa shape index (κ2) is 7.28. The molecule has 24 heavy (non-hydrogen) atoms. The van der Waals surface area contributed by atoms with E-state index in [-0.39, 0.29) is 11.2 Å². The maximum absolute atomic E-state index is 11.8. The van der Waals surface area contributed by atoms with Crippen molar-refractivity contribution < 1.29 is 9.53 Å². The van der Waals surface area contributed by atoms with Crippen molar-refractivity contribution in [3.05, 3.63) is 59.1 Å². The van der Waals surface area contributed by atoms with E-state index in [1.165, 1.54) is 24.4 Å². The fourth-order valence-electron chi connectivity index (χ4n) is 2.46. The number of ether oxygens (including phenoxy) is 1. The number of esters is 1. The molecule has 0 bridgehead atoms. The number of halogens is 1. The third kappa shape index (κ3) is 3.57. The molecule has 3 aromatic rings. The summed E-state index contributed by atoms with van der Waals surface area (Å²) < 4.78 is 6.92. The summed E-state index contributed by atoms with van der Waals surface area (Å²) in [7, 11) is 1.39. The summed E-state index contributed by atoms with van der Waals surface area (Å²) in [6, 6.07) is 15.8. The maximum atomic E-state index is 11.8. The molecule has 124 valence electrons. The largest absolute Gasteiger partial charge is 0.468 e. The van der Waals surface area contributed by atoms with Gasteiger partial charge in [0.15, 0.2) is 5.16 Å². The Morgan fingerprint density at radius 1 is 1.29 bits per heavy atom. The summed E-state index contributed by atoms with van der Waals surface area (Å²) in [6.07, 6.45) is 0. The Morgan fingerprint density at radius 3 is 2.75 bits per heavy atom. The molecule has 0 saturated heterocycles. The Labute approximate surface area is 149 Å². The minimum absolute atomic E-state index is 0.267. The van der Waals surface area contributed by atoms with Crippen molar-refractivity contribution in [1.82, 2.24) is 9.55 Å². The number of hydrogen-bond acceptors (Lipinski definition) is 4. The molecule has 1 heterocycles. The van der Waals surface area contributed by atoms with Gasteiger partial charge in [0, 0.05) is 5.02 Å². The highest BCUT2D eigenvalue weighted by molar-refractivity contribution is 8.00. The molecule has 0 aliphatic carbocycles. The number of carbonyl (C=O) groups is 1. The van der Waals surface area contributed by atoms with Crippen LogP contribution >= 0.6 is 23.4 Å². The third-order valence-electron chi connectivity index (χ3n) is 3.67. The van der Waals surface area contributed by atoms with Crippen LogP contribution < -0.4 is 0 Å². The van der Waals surface area contributed by atoms with Gasteiger partial charge in [0.1, 0.15) is 5.25 Å². The molecule has 0 aliphatic heterocycles. The van der Waals surface area contributed by atoms with Crippen LogP contribution in [0, 0.1) is 0 Å². The first kappa shape index (κ1) is 16.9. The lowest BCUT2D eigenvalue weighted by atomic mass is 10.2. The van der Waals surface area contributed by atoms with E-state index in [4.69, 9.17) is 16.3 Å². The summed E-state index contributed by atoms with van der Waals surface area (Å²) in [4.78, 5) is 16.4. The van der Waals surface area contributed by atoms with Crippen LogP contribution in [0.4, 0.5) is 0 Å². The number of fused-ring (bicyclic) bond motifs is 1.